The number of benzene rings is 2. The van der Waals surface area contributed by atoms with Gasteiger partial charge in [-0.3, -0.25) is 0 Å². The van der Waals surface area contributed by atoms with Gasteiger partial charge in [0.25, 0.3) is 0 Å². The van der Waals surface area contributed by atoms with Crippen molar-refractivity contribution in [2.24, 2.45) is 12.5 Å². The maximum atomic E-state index is 2.40. The minimum absolute atomic E-state index is 0.294. The summed E-state index contributed by atoms with van der Waals surface area (Å²) in [4.78, 5) is 0. The molecule has 0 radical (unpaired) electrons. The highest BCUT2D eigenvalue weighted by atomic mass is 14.9. The van der Waals surface area contributed by atoms with Crippen molar-refractivity contribution in [3.63, 3.8) is 0 Å². The Balaban J connectivity index is 1.89. The molecule has 1 aliphatic rings. The molecular weight excluding hydrogens is 338 g/mol. The third-order valence-electron chi connectivity index (χ3n) is 6.08. The zero-order valence-electron chi connectivity index (χ0n) is 18.4. The van der Waals surface area contributed by atoms with Crippen LogP contribution in [0.4, 0.5) is 0 Å². The molecule has 1 heterocycles. The summed E-state index contributed by atoms with van der Waals surface area (Å²) in [7, 11) is 2.20. The van der Waals surface area contributed by atoms with Crippen molar-refractivity contribution in [1.82, 2.24) is 0 Å². The summed E-state index contributed by atoms with van der Waals surface area (Å²) in [5.74, 6) is 0. The second-order valence-corrected chi connectivity index (χ2v) is 9.78. The average Bonchev–Trinajstić information content (AvgIpc) is 2.97. The molecule has 4 rings (SSSR count). The van der Waals surface area contributed by atoms with E-state index in [1.54, 1.807) is 0 Å². The van der Waals surface area contributed by atoms with Crippen LogP contribution in [0.15, 0.2) is 42.6 Å². The first-order valence-electron chi connectivity index (χ1n) is 10.4. The van der Waals surface area contributed by atoms with Gasteiger partial charge in [-0.05, 0) is 78.0 Å². The maximum absolute atomic E-state index is 2.40. The van der Waals surface area contributed by atoms with Gasteiger partial charge in [0.15, 0.2) is 6.20 Å². The Labute approximate surface area is 170 Å². The van der Waals surface area contributed by atoms with E-state index in [1.807, 2.05) is 0 Å². The predicted molar refractivity (Wildman–Crippen MR) is 119 cm³/mol. The molecule has 0 saturated carbocycles. The highest BCUT2D eigenvalue weighted by Crippen LogP contribution is 2.44. The highest BCUT2D eigenvalue weighted by molar-refractivity contribution is 5.86. The van der Waals surface area contributed by atoms with Gasteiger partial charge >= 0.3 is 0 Å². The van der Waals surface area contributed by atoms with Crippen molar-refractivity contribution in [2.45, 2.75) is 54.4 Å². The van der Waals surface area contributed by atoms with E-state index in [0.717, 1.165) is 12.8 Å². The Hall–Kier alpha value is -2.41. The van der Waals surface area contributed by atoms with E-state index < -0.39 is 0 Å². The Morgan fingerprint density at radius 3 is 2.32 bits per heavy atom. The molecule has 1 aromatic heterocycles. The first-order valence-corrected chi connectivity index (χ1v) is 10.4. The standard InChI is InChI=1S/C27H32N/c1-17-9-8-10-20-14-23-22(25(17)20)12-11-18(2)26(23)24-13-19(3)21(16-28(24)7)15-27(4,5)6/h8-13,16H,14-15H2,1-7H3/q+1. The van der Waals surface area contributed by atoms with Gasteiger partial charge in [-0.15, -0.1) is 0 Å². The summed E-state index contributed by atoms with van der Waals surface area (Å²) in [5.41, 5.74) is 14.4. The van der Waals surface area contributed by atoms with E-state index >= 15 is 0 Å². The molecule has 144 valence electrons. The number of pyridine rings is 1. The predicted octanol–water partition coefficient (Wildman–Crippen LogP) is 6.26. The summed E-state index contributed by atoms with van der Waals surface area (Å²) in [6, 6.07) is 13.7. The second-order valence-electron chi connectivity index (χ2n) is 9.78. The minimum Gasteiger partial charge on any atom is -0.201 e. The molecule has 1 aliphatic carbocycles. The normalized spacial score (nSPS) is 12.8. The molecule has 0 aliphatic heterocycles. The molecule has 0 amide bonds. The van der Waals surface area contributed by atoms with Crippen LogP contribution in [0.5, 0.6) is 0 Å². The molecule has 0 spiro atoms. The van der Waals surface area contributed by atoms with E-state index in [-0.39, 0.29) is 0 Å². The maximum Gasteiger partial charge on any atom is 0.213 e. The van der Waals surface area contributed by atoms with Crippen LogP contribution in [0.3, 0.4) is 0 Å². The number of hydrogen-bond donors (Lipinski definition) is 0. The number of fused-ring (bicyclic) bond motifs is 3. The number of aromatic nitrogens is 1. The van der Waals surface area contributed by atoms with Gasteiger partial charge < -0.3 is 0 Å². The Morgan fingerprint density at radius 2 is 1.61 bits per heavy atom. The van der Waals surface area contributed by atoms with Gasteiger partial charge in [0, 0.05) is 11.6 Å². The number of aryl methyl sites for hydroxylation is 4. The van der Waals surface area contributed by atoms with Crippen molar-refractivity contribution in [2.75, 3.05) is 0 Å². The van der Waals surface area contributed by atoms with Crippen LogP contribution in [-0.2, 0) is 19.9 Å². The molecule has 0 atom stereocenters. The molecule has 1 nitrogen and oxygen atoms in total. The van der Waals surface area contributed by atoms with Crippen LogP contribution in [0.25, 0.3) is 22.4 Å². The molecule has 0 fully saturated rings. The van der Waals surface area contributed by atoms with Crippen molar-refractivity contribution in [1.29, 1.82) is 0 Å². The average molecular weight is 371 g/mol. The lowest BCUT2D eigenvalue weighted by Crippen LogP contribution is -2.33. The SMILES string of the molecule is Cc1cc(-c2c(C)ccc3c2Cc2cccc(C)c2-3)[n+](C)cc1CC(C)(C)C. The molecular formula is C27H32N+. The van der Waals surface area contributed by atoms with Gasteiger partial charge in [0.2, 0.25) is 5.69 Å². The fraction of sp³-hybridized carbons (Fsp3) is 0.370. The Kier molecular flexibility index (Phi) is 4.45. The molecule has 1 heteroatoms. The third-order valence-corrected chi connectivity index (χ3v) is 6.08. The molecule has 0 saturated heterocycles. The number of nitrogens with zero attached hydrogens (tertiary/aromatic N) is 1. The third kappa shape index (κ3) is 3.17. The van der Waals surface area contributed by atoms with Crippen LogP contribution < -0.4 is 4.57 Å². The summed E-state index contributed by atoms with van der Waals surface area (Å²) in [5, 5.41) is 0. The van der Waals surface area contributed by atoms with Gasteiger partial charge in [0.1, 0.15) is 7.05 Å². The second kappa shape index (κ2) is 6.58. The van der Waals surface area contributed by atoms with E-state index in [2.05, 4.69) is 95.8 Å². The van der Waals surface area contributed by atoms with Crippen molar-refractivity contribution >= 4 is 0 Å². The Bertz CT molecular complexity index is 1080. The molecule has 28 heavy (non-hydrogen) atoms. The lowest BCUT2D eigenvalue weighted by atomic mass is 9.86. The van der Waals surface area contributed by atoms with Crippen LogP contribution in [0.2, 0.25) is 0 Å². The van der Waals surface area contributed by atoms with Crippen LogP contribution in [-0.4, -0.2) is 0 Å². The molecule has 0 bridgehead atoms. The molecule has 3 aromatic rings. The highest BCUT2D eigenvalue weighted by Gasteiger charge is 2.28. The summed E-state index contributed by atoms with van der Waals surface area (Å²) in [6.45, 7) is 13.7. The van der Waals surface area contributed by atoms with Gasteiger partial charge in [-0.1, -0.05) is 51.1 Å². The number of rotatable bonds is 2. The molecule has 2 aromatic carbocycles. The zero-order chi connectivity index (χ0) is 20.2. The van der Waals surface area contributed by atoms with E-state index in [1.165, 1.54) is 55.8 Å². The lowest BCUT2D eigenvalue weighted by molar-refractivity contribution is -0.660. The van der Waals surface area contributed by atoms with Crippen LogP contribution in [0.1, 0.15) is 54.2 Å². The summed E-state index contributed by atoms with van der Waals surface area (Å²) in [6.07, 6.45) is 4.48. The molecule has 0 unspecified atom stereocenters. The summed E-state index contributed by atoms with van der Waals surface area (Å²) < 4.78 is 2.34. The van der Waals surface area contributed by atoms with Gasteiger partial charge in [-0.2, -0.15) is 0 Å². The van der Waals surface area contributed by atoms with Crippen molar-refractivity contribution < 1.29 is 4.57 Å². The number of hydrogen-bond acceptors (Lipinski definition) is 0. The fourth-order valence-corrected chi connectivity index (χ4v) is 4.80. The van der Waals surface area contributed by atoms with Crippen LogP contribution in [0, 0.1) is 26.2 Å². The van der Waals surface area contributed by atoms with Crippen LogP contribution >= 0.6 is 0 Å². The Morgan fingerprint density at radius 1 is 0.893 bits per heavy atom. The fourth-order valence-electron chi connectivity index (χ4n) is 4.80. The van der Waals surface area contributed by atoms with Gasteiger partial charge in [-0.25, -0.2) is 4.57 Å². The van der Waals surface area contributed by atoms with Crippen molar-refractivity contribution in [3.05, 3.63) is 76.0 Å². The zero-order valence-corrected chi connectivity index (χ0v) is 18.4. The molecule has 0 N–H and O–H groups in total. The van der Waals surface area contributed by atoms with E-state index in [9.17, 15) is 0 Å². The van der Waals surface area contributed by atoms with Gasteiger partial charge in [0.05, 0.1) is 5.56 Å². The monoisotopic (exact) mass is 370 g/mol. The van der Waals surface area contributed by atoms with E-state index in [4.69, 9.17) is 0 Å². The van der Waals surface area contributed by atoms with Crippen molar-refractivity contribution in [3.8, 4) is 22.4 Å². The summed E-state index contributed by atoms with van der Waals surface area (Å²) >= 11 is 0. The minimum atomic E-state index is 0.294. The lowest BCUT2D eigenvalue weighted by Gasteiger charge is -2.19. The first kappa shape index (κ1) is 18.9. The van der Waals surface area contributed by atoms with E-state index in [0.29, 0.717) is 5.41 Å². The quantitative estimate of drug-likeness (QED) is 0.366. The first-order chi connectivity index (χ1) is 13.2. The smallest absolute Gasteiger partial charge is 0.201 e. The largest absolute Gasteiger partial charge is 0.213 e. The topological polar surface area (TPSA) is 3.88 Å².